The molecule has 4 aromatic rings. The van der Waals surface area contributed by atoms with E-state index in [0.29, 0.717) is 25.6 Å². The van der Waals surface area contributed by atoms with E-state index < -0.39 is 0 Å². The van der Waals surface area contributed by atoms with E-state index in [1.54, 1.807) is 19.5 Å². The van der Waals surface area contributed by atoms with Crippen molar-refractivity contribution < 1.29 is 4.74 Å². The molecule has 1 aromatic carbocycles. The summed E-state index contributed by atoms with van der Waals surface area (Å²) in [6.07, 6.45) is 5.43. The quantitative estimate of drug-likeness (QED) is 0.475. The summed E-state index contributed by atoms with van der Waals surface area (Å²) >= 11 is 0. The average Bonchev–Trinajstić information content (AvgIpc) is 3.25. The van der Waals surface area contributed by atoms with Gasteiger partial charge in [0.05, 0.1) is 42.7 Å². The lowest BCUT2D eigenvalue weighted by atomic mass is 10.2. The number of hydrogen-bond acceptors (Lipinski definition) is 7. The molecule has 0 spiro atoms. The molecule has 0 fully saturated rings. The van der Waals surface area contributed by atoms with Crippen LogP contribution in [0.25, 0.3) is 11.0 Å². The lowest BCUT2D eigenvalue weighted by molar-refractivity contribution is 0.183. The number of para-hydroxylation sites is 1. The number of ether oxygens (including phenoxy) is 1. The average molecular weight is 378 g/mol. The molecular formula is C19H22N8O. The van der Waals surface area contributed by atoms with Crippen LogP contribution in [0, 0.1) is 6.92 Å². The second-order valence-corrected chi connectivity index (χ2v) is 6.48. The topological polar surface area (TPSA) is 109 Å². The molecule has 3 N–H and O–H groups in total. The molecule has 9 nitrogen and oxygen atoms in total. The summed E-state index contributed by atoms with van der Waals surface area (Å²) in [7, 11) is 1.67. The van der Waals surface area contributed by atoms with Crippen molar-refractivity contribution in [3.63, 3.8) is 0 Å². The van der Waals surface area contributed by atoms with Gasteiger partial charge in [-0.15, -0.1) is 0 Å². The van der Waals surface area contributed by atoms with Gasteiger partial charge >= 0.3 is 0 Å². The number of fused-ring (bicyclic) bond motifs is 1. The Labute approximate surface area is 162 Å². The molecule has 0 aliphatic carbocycles. The molecule has 9 heteroatoms. The molecule has 144 valence electrons. The highest BCUT2D eigenvalue weighted by Crippen LogP contribution is 2.20. The Kier molecular flexibility index (Phi) is 4.90. The van der Waals surface area contributed by atoms with Gasteiger partial charge in [0, 0.05) is 25.2 Å². The largest absolute Gasteiger partial charge is 0.398 e. The number of aromatic nitrogens is 6. The fourth-order valence-electron chi connectivity index (χ4n) is 2.94. The fourth-order valence-corrected chi connectivity index (χ4v) is 2.94. The molecule has 0 aliphatic rings. The molecule has 0 aliphatic heterocycles. The van der Waals surface area contributed by atoms with Gasteiger partial charge in [0.2, 0.25) is 5.95 Å². The zero-order valence-electron chi connectivity index (χ0n) is 15.8. The molecular weight excluding hydrogens is 356 g/mol. The maximum atomic E-state index is 6.06. The minimum absolute atomic E-state index is 0.490. The molecule has 0 saturated carbocycles. The second kappa shape index (κ2) is 7.65. The number of anilines is 3. The maximum absolute atomic E-state index is 6.06. The van der Waals surface area contributed by atoms with Gasteiger partial charge in [0.15, 0.2) is 5.65 Å². The van der Waals surface area contributed by atoms with E-state index >= 15 is 0 Å². The minimum atomic E-state index is 0.490. The third-order valence-electron chi connectivity index (χ3n) is 4.47. The molecule has 3 aromatic heterocycles. The second-order valence-electron chi connectivity index (χ2n) is 6.48. The van der Waals surface area contributed by atoms with Gasteiger partial charge in [-0.3, -0.25) is 4.68 Å². The van der Waals surface area contributed by atoms with Gasteiger partial charge in [0.1, 0.15) is 0 Å². The smallest absolute Gasteiger partial charge is 0.229 e. The molecule has 0 radical (unpaired) electrons. The van der Waals surface area contributed by atoms with Crippen molar-refractivity contribution >= 4 is 28.4 Å². The van der Waals surface area contributed by atoms with Crippen molar-refractivity contribution in [2.75, 3.05) is 24.8 Å². The number of hydrogen-bond donors (Lipinski definition) is 2. The molecule has 0 atom stereocenters. The first-order valence-electron chi connectivity index (χ1n) is 8.96. The number of methoxy groups -OCH3 is 1. The van der Waals surface area contributed by atoms with Crippen LogP contribution >= 0.6 is 0 Å². The predicted octanol–water partition coefficient (Wildman–Crippen LogP) is 2.35. The predicted molar refractivity (Wildman–Crippen MR) is 107 cm³/mol. The Morgan fingerprint density at radius 3 is 2.89 bits per heavy atom. The van der Waals surface area contributed by atoms with Crippen LogP contribution < -0.4 is 11.1 Å². The fraction of sp³-hybridized carbons (Fsp3) is 0.263. The summed E-state index contributed by atoms with van der Waals surface area (Å²) in [6.45, 7) is 3.77. The van der Waals surface area contributed by atoms with Gasteiger partial charge in [-0.1, -0.05) is 18.2 Å². The molecule has 28 heavy (non-hydrogen) atoms. The molecule has 0 saturated heterocycles. The number of benzene rings is 1. The SMILES string of the molecule is COCCn1cc(Nc2ncc3cnn(Cc4ccccc4N)c3n2)c(C)n1. The van der Waals surface area contributed by atoms with Crippen LogP contribution in [0.2, 0.25) is 0 Å². The molecule has 0 bridgehead atoms. The highest BCUT2D eigenvalue weighted by Gasteiger charge is 2.11. The van der Waals surface area contributed by atoms with E-state index in [1.165, 1.54) is 0 Å². The summed E-state index contributed by atoms with van der Waals surface area (Å²) in [6, 6.07) is 7.75. The lowest BCUT2D eigenvalue weighted by Gasteiger charge is -2.07. The van der Waals surface area contributed by atoms with E-state index in [9.17, 15) is 0 Å². The zero-order chi connectivity index (χ0) is 19.5. The van der Waals surface area contributed by atoms with Crippen molar-refractivity contribution in [3.8, 4) is 0 Å². The van der Waals surface area contributed by atoms with Gasteiger partial charge < -0.3 is 15.8 Å². The number of nitrogens with zero attached hydrogens (tertiary/aromatic N) is 6. The number of rotatable bonds is 7. The Morgan fingerprint density at radius 1 is 1.21 bits per heavy atom. The first kappa shape index (κ1) is 17.9. The molecule has 0 unspecified atom stereocenters. The monoisotopic (exact) mass is 378 g/mol. The highest BCUT2D eigenvalue weighted by atomic mass is 16.5. The van der Waals surface area contributed by atoms with E-state index in [-0.39, 0.29) is 0 Å². The molecule has 0 amide bonds. The Morgan fingerprint density at radius 2 is 2.07 bits per heavy atom. The first-order chi connectivity index (χ1) is 13.6. The number of nitrogens with one attached hydrogen (secondary N) is 1. The van der Waals surface area contributed by atoms with Crippen LogP contribution in [0.15, 0.2) is 42.9 Å². The van der Waals surface area contributed by atoms with Crippen molar-refractivity contribution in [2.45, 2.75) is 20.0 Å². The molecule has 4 rings (SSSR count). The Bertz CT molecular complexity index is 1100. The highest BCUT2D eigenvalue weighted by molar-refractivity contribution is 5.75. The Hall–Kier alpha value is -3.46. The van der Waals surface area contributed by atoms with Crippen LogP contribution in [0.5, 0.6) is 0 Å². The summed E-state index contributed by atoms with van der Waals surface area (Å²) in [5.41, 5.74) is 10.3. The van der Waals surface area contributed by atoms with Gasteiger partial charge in [-0.2, -0.15) is 15.2 Å². The Balaban J connectivity index is 1.59. The lowest BCUT2D eigenvalue weighted by Crippen LogP contribution is -2.06. The van der Waals surface area contributed by atoms with Gasteiger partial charge in [0.25, 0.3) is 0 Å². The third-order valence-corrected chi connectivity index (χ3v) is 4.47. The van der Waals surface area contributed by atoms with E-state index in [0.717, 1.165) is 33.7 Å². The zero-order valence-corrected chi connectivity index (χ0v) is 15.8. The van der Waals surface area contributed by atoms with Gasteiger partial charge in [-0.05, 0) is 18.6 Å². The summed E-state index contributed by atoms with van der Waals surface area (Å²) < 4.78 is 8.76. The maximum Gasteiger partial charge on any atom is 0.229 e. The summed E-state index contributed by atoms with van der Waals surface area (Å²) in [4.78, 5) is 9.04. The minimum Gasteiger partial charge on any atom is -0.398 e. The number of nitrogens with two attached hydrogens (primary N) is 1. The van der Waals surface area contributed by atoms with E-state index in [4.69, 9.17) is 10.5 Å². The van der Waals surface area contributed by atoms with Gasteiger partial charge in [-0.25, -0.2) is 9.67 Å². The standard InChI is InChI=1S/C19H22N8O/c1-13-17(12-26(25-13)7-8-28-2)23-19-21-9-15-10-22-27(18(15)24-19)11-14-5-3-4-6-16(14)20/h3-6,9-10,12H,7-8,11,20H2,1-2H3,(H,21,23,24). The number of nitrogen functional groups attached to an aromatic ring is 1. The van der Waals surface area contributed by atoms with Crippen LogP contribution in [0.3, 0.4) is 0 Å². The van der Waals surface area contributed by atoms with Crippen LogP contribution in [-0.4, -0.2) is 43.2 Å². The first-order valence-corrected chi connectivity index (χ1v) is 8.96. The summed E-state index contributed by atoms with van der Waals surface area (Å²) in [5, 5.41) is 13.0. The summed E-state index contributed by atoms with van der Waals surface area (Å²) in [5.74, 6) is 0.490. The van der Waals surface area contributed by atoms with Crippen molar-refractivity contribution in [1.29, 1.82) is 0 Å². The number of aryl methyl sites for hydroxylation is 1. The van der Waals surface area contributed by atoms with E-state index in [1.807, 2.05) is 46.7 Å². The van der Waals surface area contributed by atoms with Crippen LogP contribution in [0.1, 0.15) is 11.3 Å². The van der Waals surface area contributed by atoms with Crippen molar-refractivity contribution in [2.24, 2.45) is 0 Å². The normalized spacial score (nSPS) is 11.2. The third kappa shape index (κ3) is 3.65. The van der Waals surface area contributed by atoms with Crippen molar-refractivity contribution in [3.05, 3.63) is 54.1 Å². The van der Waals surface area contributed by atoms with Crippen LogP contribution in [-0.2, 0) is 17.8 Å². The van der Waals surface area contributed by atoms with Crippen LogP contribution in [0.4, 0.5) is 17.3 Å². The van der Waals surface area contributed by atoms with E-state index in [2.05, 4.69) is 25.5 Å². The van der Waals surface area contributed by atoms with Crippen molar-refractivity contribution in [1.82, 2.24) is 29.5 Å². The molecule has 3 heterocycles.